The molecule has 0 radical (unpaired) electrons. The van der Waals surface area contributed by atoms with E-state index in [1.807, 2.05) is 0 Å². The lowest BCUT2D eigenvalue weighted by atomic mass is 9.99. The maximum absolute atomic E-state index is 12.7. The first-order valence-electron chi connectivity index (χ1n) is 9.28. The van der Waals surface area contributed by atoms with Crippen molar-refractivity contribution in [3.05, 3.63) is 81.6 Å². The van der Waals surface area contributed by atoms with Crippen LogP contribution in [0.1, 0.15) is 49.2 Å². The second-order valence-corrected chi connectivity index (χ2v) is 8.10. The lowest BCUT2D eigenvalue weighted by molar-refractivity contribution is -0.149. The molecule has 154 valence electrons. The van der Waals surface area contributed by atoms with Crippen molar-refractivity contribution in [1.82, 2.24) is 0 Å². The molecule has 0 unspecified atom stereocenters. The van der Waals surface area contributed by atoms with Crippen molar-refractivity contribution in [3.63, 3.8) is 0 Å². The molecule has 0 fully saturated rings. The number of hydrogen-bond donors (Lipinski definition) is 1. The Hall–Kier alpha value is -3.25. The van der Waals surface area contributed by atoms with Crippen LogP contribution in [-0.2, 0) is 9.53 Å². The van der Waals surface area contributed by atoms with Crippen molar-refractivity contribution in [1.29, 1.82) is 0 Å². The Morgan fingerprint density at radius 3 is 2.23 bits per heavy atom. The molecule has 1 N–H and O–H groups in total. The highest BCUT2D eigenvalue weighted by Crippen LogP contribution is 2.27. The van der Waals surface area contributed by atoms with Crippen LogP contribution in [0, 0.1) is 0 Å². The molecular formula is C23H21ClN2O4. The SMILES string of the molecule is CC(O)=C(C(=O)OC(C)(C)C)C1=NC(=NC(=O)c2ccccc2Cl)c2ccccc21. The maximum atomic E-state index is 12.7. The second-order valence-electron chi connectivity index (χ2n) is 7.69. The Balaban J connectivity index is 2.10. The third-order valence-corrected chi connectivity index (χ3v) is 4.48. The quantitative estimate of drug-likeness (QED) is 0.431. The number of rotatable bonds is 3. The summed E-state index contributed by atoms with van der Waals surface area (Å²) in [5, 5.41) is 10.5. The van der Waals surface area contributed by atoms with Gasteiger partial charge in [-0.05, 0) is 39.8 Å². The van der Waals surface area contributed by atoms with Crippen LogP contribution in [0.2, 0.25) is 5.02 Å². The van der Waals surface area contributed by atoms with Crippen LogP contribution in [-0.4, -0.2) is 34.1 Å². The number of allylic oxidation sites excluding steroid dienone is 1. The van der Waals surface area contributed by atoms with Crippen LogP contribution in [0.5, 0.6) is 0 Å². The van der Waals surface area contributed by atoms with Crippen molar-refractivity contribution < 1.29 is 19.4 Å². The number of amidine groups is 1. The van der Waals surface area contributed by atoms with E-state index in [1.54, 1.807) is 69.3 Å². The number of hydrogen-bond acceptors (Lipinski definition) is 4. The average molecular weight is 425 g/mol. The summed E-state index contributed by atoms with van der Waals surface area (Å²) < 4.78 is 5.43. The molecule has 3 rings (SSSR count). The molecule has 0 saturated carbocycles. The normalized spacial score (nSPS) is 15.4. The molecule has 0 saturated heterocycles. The average Bonchev–Trinajstić information content (AvgIpc) is 2.98. The molecule has 30 heavy (non-hydrogen) atoms. The van der Waals surface area contributed by atoms with E-state index < -0.39 is 17.5 Å². The Kier molecular flexibility index (Phi) is 5.89. The largest absolute Gasteiger partial charge is 0.512 e. The molecule has 6 nitrogen and oxygen atoms in total. The molecule has 7 heteroatoms. The molecule has 0 atom stereocenters. The number of halogens is 1. The molecule has 1 heterocycles. The van der Waals surface area contributed by atoms with E-state index in [0.29, 0.717) is 11.1 Å². The lowest BCUT2D eigenvalue weighted by Gasteiger charge is -2.21. The Labute approximate surface area is 179 Å². The van der Waals surface area contributed by atoms with E-state index in [0.717, 1.165) is 0 Å². The summed E-state index contributed by atoms with van der Waals surface area (Å²) in [5.41, 5.74) is 0.744. The third-order valence-electron chi connectivity index (χ3n) is 4.15. The topological polar surface area (TPSA) is 88.3 Å². The first kappa shape index (κ1) is 21.5. The van der Waals surface area contributed by atoms with E-state index in [1.165, 1.54) is 6.92 Å². The van der Waals surface area contributed by atoms with Gasteiger partial charge >= 0.3 is 5.97 Å². The molecule has 1 amide bonds. The number of aliphatic hydroxyl groups excluding tert-OH is 1. The fraction of sp³-hybridized carbons (Fsp3) is 0.217. The Bertz CT molecular complexity index is 1120. The predicted octanol–water partition coefficient (Wildman–Crippen LogP) is 4.90. The standard InChI is InChI=1S/C23H21ClN2O4/c1-13(27)18(22(29)30-23(2,3)4)19-14-9-5-6-10-15(14)20(25-19)26-21(28)16-11-7-8-12-17(16)24/h5-12,27H,1-4H3. The summed E-state index contributed by atoms with van der Waals surface area (Å²) in [6.07, 6.45) is 0. The summed E-state index contributed by atoms with van der Waals surface area (Å²) in [5.74, 6) is -1.38. The van der Waals surface area contributed by atoms with Crippen molar-refractivity contribution in [3.8, 4) is 0 Å². The summed E-state index contributed by atoms with van der Waals surface area (Å²) >= 11 is 6.10. The highest BCUT2D eigenvalue weighted by molar-refractivity contribution is 6.37. The zero-order chi connectivity index (χ0) is 22.1. The third kappa shape index (κ3) is 4.49. The van der Waals surface area contributed by atoms with Gasteiger partial charge in [-0.2, -0.15) is 4.99 Å². The zero-order valence-corrected chi connectivity index (χ0v) is 17.8. The first-order chi connectivity index (χ1) is 14.1. The van der Waals surface area contributed by atoms with Crippen molar-refractivity contribution in [2.45, 2.75) is 33.3 Å². The minimum atomic E-state index is -0.757. The zero-order valence-electron chi connectivity index (χ0n) is 17.1. The lowest BCUT2D eigenvalue weighted by Crippen LogP contribution is -2.28. The van der Waals surface area contributed by atoms with Crippen molar-refractivity contribution in [2.75, 3.05) is 0 Å². The summed E-state index contributed by atoms with van der Waals surface area (Å²) in [6, 6.07) is 13.6. The first-order valence-corrected chi connectivity index (χ1v) is 9.66. The Morgan fingerprint density at radius 2 is 1.63 bits per heavy atom. The van der Waals surface area contributed by atoms with E-state index in [4.69, 9.17) is 16.3 Å². The molecule has 0 spiro atoms. The molecule has 1 aliphatic heterocycles. The van der Waals surface area contributed by atoms with Gasteiger partial charge in [0.25, 0.3) is 5.91 Å². The minimum Gasteiger partial charge on any atom is -0.512 e. The molecule has 2 aromatic rings. The van der Waals surface area contributed by atoms with Gasteiger partial charge in [-0.3, -0.25) is 4.79 Å². The van der Waals surface area contributed by atoms with Gasteiger partial charge in [-0.25, -0.2) is 9.79 Å². The number of nitrogens with zero attached hydrogens (tertiary/aromatic N) is 2. The van der Waals surface area contributed by atoms with Gasteiger partial charge < -0.3 is 9.84 Å². The number of carbonyl (C=O) groups is 2. The number of carbonyl (C=O) groups excluding carboxylic acids is 2. The summed E-state index contributed by atoms with van der Waals surface area (Å²) in [7, 11) is 0. The van der Waals surface area contributed by atoms with Crippen LogP contribution in [0.15, 0.2) is 69.8 Å². The Morgan fingerprint density at radius 1 is 1.03 bits per heavy atom. The van der Waals surface area contributed by atoms with E-state index in [-0.39, 0.29) is 33.5 Å². The smallest absolute Gasteiger partial charge is 0.344 e. The van der Waals surface area contributed by atoms with E-state index in [9.17, 15) is 14.7 Å². The maximum Gasteiger partial charge on any atom is 0.344 e. The molecule has 1 aliphatic rings. The highest BCUT2D eigenvalue weighted by Gasteiger charge is 2.32. The van der Waals surface area contributed by atoms with Crippen LogP contribution in [0.4, 0.5) is 0 Å². The van der Waals surface area contributed by atoms with Crippen molar-refractivity contribution in [2.24, 2.45) is 9.98 Å². The molecular weight excluding hydrogens is 404 g/mol. The monoisotopic (exact) mass is 424 g/mol. The molecule has 2 aromatic carbocycles. The number of ether oxygens (including phenoxy) is 1. The van der Waals surface area contributed by atoms with E-state index in [2.05, 4.69) is 9.98 Å². The van der Waals surface area contributed by atoms with Gasteiger partial charge in [0.2, 0.25) is 0 Å². The second kappa shape index (κ2) is 8.24. The molecule has 0 bridgehead atoms. The van der Waals surface area contributed by atoms with E-state index >= 15 is 0 Å². The number of aliphatic hydroxyl groups is 1. The van der Waals surface area contributed by atoms with Gasteiger partial charge in [-0.1, -0.05) is 48.0 Å². The summed E-state index contributed by atoms with van der Waals surface area (Å²) in [4.78, 5) is 33.9. The fourth-order valence-electron chi connectivity index (χ4n) is 2.92. The van der Waals surface area contributed by atoms with Gasteiger partial charge in [0.15, 0.2) is 5.84 Å². The van der Waals surface area contributed by atoms with Crippen LogP contribution < -0.4 is 0 Å². The van der Waals surface area contributed by atoms with Gasteiger partial charge in [-0.15, -0.1) is 0 Å². The number of fused-ring (bicyclic) bond motifs is 1. The predicted molar refractivity (Wildman–Crippen MR) is 116 cm³/mol. The van der Waals surface area contributed by atoms with Crippen LogP contribution >= 0.6 is 11.6 Å². The number of esters is 1. The van der Waals surface area contributed by atoms with Crippen LogP contribution in [0.3, 0.4) is 0 Å². The molecule has 0 aliphatic carbocycles. The summed E-state index contributed by atoms with van der Waals surface area (Å²) in [6.45, 7) is 6.58. The van der Waals surface area contributed by atoms with Gasteiger partial charge in [0.1, 0.15) is 16.9 Å². The minimum absolute atomic E-state index is 0.0761. The van der Waals surface area contributed by atoms with Gasteiger partial charge in [0.05, 0.1) is 16.3 Å². The fourth-order valence-corrected chi connectivity index (χ4v) is 3.14. The van der Waals surface area contributed by atoms with Crippen molar-refractivity contribution >= 4 is 35.0 Å². The van der Waals surface area contributed by atoms with Crippen LogP contribution in [0.25, 0.3) is 0 Å². The number of benzene rings is 2. The number of amides is 1. The van der Waals surface area contributed by atoms with Gasteiger partial charge in [0, 0.05) is 11.1 Å². The highest BCUT2D eigenvalue weighted by atomic mass is 35.5. The number of aliphatic imine (C=N–C) groups is 2. The molecule has 0 aromatic heterocycles.